The van der Waals surface area contributed by atoms with E-state index >= 15 is 0 Å². The van der Waals surface area contributed by atoms with Gasteiger partial charge in [-0.05, 0) is 19.3 Å². The standard InChI is InChI=1S/C8H10F3NO3/c9-8(10,11)7(1-2-7)3-5(4-13)12-6(14)15/h4-5,12H,1-3H2,(H,14,15)/t5-/m1/s1. The van der Waals surface area contributed by atoms with E-state index in [4.69, 9.17) is 5.11 Å². The third-order valence-electron chi connectivity index (χ3n) is 2.54. The number of hydrogen-bond acceptors (Lipinski definition) is 2. The van der Waals surface area contributed by atoms with E-state index in [-0.39, 0.29) is 19.1 Å². The third-order valence-corrected chi connectivity index (χ3v) is 2.54. The summed E-state index contributed by atoms with van der Waals surface area (Å²) in [6.45, 7) is 0. The number of hydrogen-bond donors (Lipinski definition) is 2. The van der Waals surface area contributed by atoms with Crippen LogP contribution in [0.1, 0.15) is 19.3 Å². The molecule has 0 bridgehead atoms. The van der Waals surface area contributed by atoms with Gasteiger partial charge in [-0.1, -0.05) is 0 Å². The number of aldehydes is 1. The topological polar surface area (TPSA) is 66.4 Å². The summed E-state index contributed by atoms with van der Waals surface area (Å²) in [5.41, 5.74) is -1.86. The predicted octanol–water partition coefficient (Wildman–Crippen LogP) is 1.55. The first-order chi connectivity index (χ1) is 6.81. The number of halogens is 3. The summed E-state index contributed by atoms with van der Waals surface area (Å²) in [7, 11) is 0. The van der Waals surface area contributed by atoms with E-state index in [1.165, 1.54) is 0 Å². The first kappa shape index (κ1) is 11.8. The molecule has 0 unspecified atom stereocenters. The lowest BCUT2D eigenvalue weighted by atomic mass is 9.97. The van der Waals surface area contributed by atoms with Crippen LogP contribution in [0.2, 0.25) is 0 Å². The minimum absolute atomic E-state index is 0.0395. The van der Waals surface area contributed by atoms with Gasteiger partial charge in [-0.2, -0.15) is 13.2 Å². The number of carbonyl (C=O) groups is 2. The number of nitrogens with one attached hydrogen (secondary N) is 1. The second kappa shape index (κ2) is 3.71. The minimum Gasteiger partial charge on any atom is -0.465 e. The van der Waals surface area contributed by atoms with Crippen LogP contribution in [0.3, 0.4) is 0 Å². The van der Waals surface area contributed by atoms with Crippen molar-refractivity contribution >= 4 is 12.4 Å². The highest BCUT2D eigenvalue weighted by Gasteiger charge is 2.63. The van der Waals surface area contributed by atoms with Crippen LogP contribution in [-0.4, -0.2) is 29.7 Å². The fourth-order valence-corrected chi connectivity index (χ4v) is 1.47. The Hall–Kier alpha value is -1.27. The molecule has 2 N–H and O–H groups in total. The lowest BCUT2D eigenvalue weighted by molar-refractivity contribution is -0.190. The van der Waals surface area contributed by atoms with Crippen LogP contribution >= 0.6 is 0 Å². The molecule has 0 saturated heterocycles. The Kier molecular flexibility index (Phi) is 2.92. The Bertz CT molecular complexity index is 273. The molecule has 0 aromatic carbocycles. The molecule has 0 heterocycles. The highest BCUT2D eigenvalue weighted by Crippen LogP contribution is 2.60. The van der Waals surface area contributed by atoms with Gasteiger partial charge in [0, 0.05) is 0 Å². The van der Waals surface area contributed by atoms with E-state index in [0.29, 0.717) is 0 Å². The van der Waals surface area contributed by atoms with E-state index in [0.717, 1.165) is 0 Å². The van der Waals surface area contributed by atoms with E-state index in [1.807, 2.05) is 0 Å². The zero-order valence-corrected chi connectivity index (χ0v) is 7.67. The van der Waals surface area contributed by atoms with Crippen molar-refractivity contribution in [3.8, 4) is 0 Å². The Balaban J connectivity index is 2.59. The van der Waals surface area contributed by atoms with Crippen LogP contribution in [0.25, 0.3) is 0 Å². The van der Waals surface area contributed by atoms with Gasteiger partial charge in [0.25, 0.3) is 0 Å². The molecule has 7 heteroatoms. The summed E-state index contributed by atoms with van der Waals surface area (Å²) >= 11 is 0. The lowest BCUT2D eigenvalue weighted by Crippen LogP contribution is -2.40. The molecule has 86 valence electrons. The van der Waals surface area contributed by atoms with Crippen molar-refractivity contribution in [3.05, 3.63) is 0 Å². The monoisotopic (exact) mass is 225 g/mol. The smallest absolute Gasteiger partial charge is 0.405 e. The molecule has 0 aromatic rings. The molecule has 1 saturated carbocycles. The second-order valence-corrected chi connectivity index (χ2v) is 3.67. The zero-order valence-electron chi connectivity index (χ0n) is 7.67. The first-order valence-corrected chi connectivity index (χ1v) is 4.32. The summed E-state index contributed by atoms with van der Waals surface area (Å²) in [6, 6.07) is -1.29. The van der Waals surface area contributed by atoms with Gasteiger partial charge in [-0.15, -0.1) is 0 Å². The SMILES string of the molecule is O=C[C@@H](CC1(C(F)(F)F)CC1)NC(=O)O. The van der Waals surface area contributed by atoms with Crippen LogP contribution in [0, 0.1) is 5.41 Å². The zero-order chi connectivity index (χ0) is 11.7. The van der Waals surface area contributed by atoms with E-state index in [2.05, 4.69) is 0 Å². The van der Waals surface area contributed by atoms with Gasteiger partial charge in [-0.3, -0.25) is 0 Å². The number of alkyl halides is 3. The first-order valence-electron chi connectivity index (χ1n) is 4.32. The molecule has 1 aliphatic rings. The van der Waals surface area contributed by atoms with E-state index < -0.39 is 30.1 Å². The van der Waals surface area contributed by atoms with Crippen LogP contribution < -0.4 is 5.32 Å². The molecule has 0 radical (unpaired) electrons. The van der Waals surface area contributed by atoms with E-state index in [9.17, 15) is 22.8 Å². The molecular formula is C8H10F3NO3. The predicted molar refractivity (Wildman–Crippen MR) is 43.4 cm³/mol. The molecule has 1 rings (SSSR count). The van der Waals surface area contributed by atoms with Crippen molar-refractivity contribution in [2.45, 2.75) is 31.5 Å². The Morgan fingerprint density at radius 1 is 1.53 bits per heavy atom. The van der Waals surface area contributed by atoms with Crippen LogP contribution in [0.4, 0.5) is 18.0 Å². The summed E-state index contributed by atoms with van der Waals surface area (Å²) in [5, 5.41) is 10.0. The molecule has 0 spiro atoms. The van der Waals surface area contributed by atoms with E-state index in [1.54, 1.807) is 5.32 Å². The molecular weight excluding hydrogens is 215 g/mol. The van der Waals surface area contributed by atoms with Crippen molar-refractivity contribution < 1.29 is 27.9 Å². The van der Waals surface area contributed by atoms with Crippen molar-refractivity contribution in [2.75, 3.05) is 0 Å². The summed E-state index contributed by atoms with van der Waals surface area (Å²) in [5.74, 6) is 0. The Morgan fingerprint density at radius 2 is 2.07 bits per heavy atom. The van der Waals surface area contributed by atoms with Gasteiger partial charge in [0.15, 0.2) is 0 Å². The maximum atomic E-state index is 12.4. The van der Waals surface area contributed by atoms with Crippen molar-refractivity contribution in [1.29, 1.82) is 0 Å². The van der Waals surface area contributed by atoms with Crippen LogP contribution in [0.5, 0.6) is 0 Å². The Labute approximate surface area is 83.5 Å². The molecule has 0 aliphatic heterocycles. The van der Waals surface area contributed by atoms with Crippen LogP contribution in [0.15, 0.2) is 0 Å². The highest BCUT2D eigenvalue weighted by molar-refractivity contribution is 5.71. The van der Waals surface area contributed by atoms with Gasteiger partial charge >= 0.3 is 12.3 Å². The molecule has 1 aliphatic carbocycles. The average molecular weight is 225 g/mol. The second-order valence-electron chi connectivity index (χ2n) is 3.67. The molecule has 1 fully saturated rings. The molecule has 15 heavy (non-hydrogen) atoms. The highest BCUT2D eigenvalue weighted by atomic mass is 19.4. The lowest BCUT2D eigenvalue weighted by Gasteiger charge is -2.21. The fraction of sp³-hybridized carbons (Fsp3) is 0.750. The van der Waals surface area contributed by atoms with Crippen molar-refractivity contribution in [2.24, 2.45) is 5.41 Å². The number of carboxylic acid groups (broad SMARTS) is 1. The van der Waals surface area contributed by atoms with Gasteiger partial charge in [0.05, 0.1) is 11.5 Å². The largest absolute Gasteiger partial charge is 0.465 e. The Morgan fingerprint density at radius 3 is 2.33 bits per heavy atom. The summed E-state index contributed by atoms with van der Waals surface area (Å²) in [6.07, 6.45) is -6.25. The van der Waals surface area contributed by atoms with Crippen molar-refractivity contribution in [1.82, 2.24) is 5.32 Å². The number of carbonyl (C=O) groups excluding carboxylic acids is 1. The summed E-state index contributed by atoms with van der Waals surface area (Å²) < 4.78 is 37.3. The molecule has 1 amide bonds. The van der Waals surface area contributed by atoms with Gasteiger partial charge in [-0.25, -0.2) is 4.79 Å². The normalized spacial score (nSPS) is 20.5. The average Bonchev–Trinajstić information content (AvgIpc) is 2.82. The maximum Gasteiger partial charge on any atom is 0.405 e. The summed E-state index contributed by atoms with van der Waals surface area (Å²) in [4.78, 5) is 20.6. The maximum absolute atomic E-state index is 12.4. The minimum atomic E-state index is -4.37. The third kappa shape index (κ3) is 2.60. The quantitative estimate of drug-likeness (QED) is 0.713. The van der Waals surface area contributed by atoms with Crippen LogP contribution in [-0.2, 0) is 4.79 Å². The number of amides is 1. The molecule has 0 aromatic heterocycles. The van der Waals surface area contributed by atoms with Gasteiger partial charge < -0.3 is 15.2 Å². The van der Waals surface area contributed by atoms with Gasteiger partial charge in [0.2, 0.25) is 0 Å². The molecule has 1 atom stereocenters. The molecule has 4 nitrogen and oxygen atoms in total. The number of rotatable bonds is 4. The van der Waals surface area contributed by atoms with Gasteiger partial charge in [0.1, 0.15) is 6.29 Å². The van der Waals surface area contributed by atoms with Crippen molar-refractivity contribution in [3.63, 3.8) is 0 Å². The fourth-order valence-electron chi connectivity index (χ4n) is 1.47.